The van der Waals surface area contributed by atoms with Crippen molar-refractivity contribution in [3.8, 4) is 0 Å². The van der Waals surface area contributed by atoms with Gasteiger partial charge in [0.05, 0.1) is 12.2 Å². The number of hydrogen-bond donors (Lipinski definition) is 1. The molecule has 0 radical (unpaired) electrons. The first-order valence-corrected chi connectivity index (χ1v) is 3.07. The van der Waals surface area contributed by atoms with Gasteiger partial charge >= 0.3 is 0 Å². The molecule has 1 aliphatic carbocycles. The quantitative estimate of drug-likeness (QED) is 0.553. The van der Waals surface area contributed by atoms with Crippen molar-refractivity contribution < 1.29 is 14.6 Å². The molecule has 0 aromatic rings. The van der Waals surface area contributed by atoms with E-state index in [2.05, 4.69) is 4.74 Å². The second-order valence-corrected chi connectivity index (χ2v) is 2.39. The Kier molecular flexibility index (Phi) is 2.05. The average molecular weight is 132 g/mol. The minimum absolute atomic E-state index is 0.121. The summed E-state index contributed by atoms with van der Waals surface area (Å²) in [6, 6.07) is 0. The third-order valence-electron chi connectivity index (χ3n) is 1.58. The first kappa shape index (κ1) is 6.99. The lowest BCUT2D eigenvalue weighted by Gasteiger charge is -2.11. The first-order chi connectivity index (χ1) is 4.33. The molecule has 0 unspecified atom stereocenters. The third kappa shape index (κ3) is 1.64. The summed E-state index contributed by atoms with van der Waals surface area (Å²) in [4.78, 5) is 0. The molecule has 1 N–H and O–H groups in total. The van der Waals surface area contributed by atoms with E-state index >= 15 is 0 Å². The van der Waals surface area contributed by atoms with Crippen LogP contribution >= 0.6 is 0 Å². The molecule has 0 amide bonds. The average Bonchev–Trinajstić information content (AvgIpc) is 2.65. The lowest BCUT2D eigenvalue weighted by Crippen LogP contribution is -2.20. The Balaban J connectivity index is 2.10. The summed E-state index contributed by atoms with van der Waals surface area (Å²) in [5.41, 5.74) is -0.226. The van der Waals surface area contributed by atoms with Gasteiger partial charge in [-0.1, -0.05) is 0 Å². The Morgan fingerprint density at radius 2 is 2.22 bits per heavy atom. The predicted molar refractivity (Wildman–Crippen MR) is 32.0 cm³/mol. The molecule has 1 saturated carbocycles. The molecular weight excluding hydrogens is 120 g/mol. The van der Waals surface area contributed by atoms with Crippen LogP contribution in [0.4, 0.5) is 0 Å². The van der Waals surface area contributed by atoms with Crippen LogP contribution in [-0.4, -0.2) is 31.2 Å². The Bertz CT molecular complexity index is 88.3. The Morgan fingerprint density at radius 1 is 1.56 bits per heavy atom. The van der Waals surface area contributed by atoms with Crippen molar-refractivity contribution in [3.63, 3.8) is 0 Å². The van der Waals surface area contributed by atoms with Crippen molar-refractivity contribution in [3.05, 3.63) is 0 Å². The zero-order chi connectivity index (χ0) is 6.74. The molecule has 54 valence electrons. The molecule has 3 nitrogen and oxygen atoms in total. The van der Waals surface area contributed by atoms with Gasteiger partial charge in [-0.15, -0.1) is 0 Å². The van der Waals surface area contributed by atoms with Gasteiger partial charge in [-0.05, 0) is 12.8 Å². The maximum atomic E-state index is 8.70. The van der Waals surface area contributed by atoms with Gasteiger partial charge in [0.15, 0.2) is 0 Å². The zero-order valence-electron chi connectivity index (χ0n) is 5.59. The van der Waals surface area contributed by atoms with E-state index in [1.165, 1.54) is 0 Å². The highest BCUT2D eigenvalue weighted by Crippen LogP contribution is 2.38. The fourth-order valence-corrected chi connectivity index (χ4v) is 0.671. The van der Waals surface area contributed by atoms with Gasteiger partial charge in [-0.25, -0.2) is 0 Å². The lowest BCUT2D eigenvalue weighted by molar-refractivity contribution is -0.101. The number of aliphatic hydroxyl groups excluding tert-OH is 1. The Morgan fingerprint density at radius 3 is 2.56 bits per heavy atom. The van der Waals surface area contributed by atoms with Crippen molar-refractivity contribution >= 4 is 0 Å². The normalized spacial score (nSPS) is 22.0. The van der Waals surface area contributed by atoms with Gasteiger partial charge in [-0.3, -0.25) is 0 Å². The molecule has 0 aromatic heterocycles. The molecule has 0 aromatic carbocycles. The van der Waals surface area contributed by atoms with E-state index in [0.29, 0.717) is 6.79 Å². The third-order valence-corrected chi connectivity index (χ3v) is 1.58. The standard InChI is InChI=1S/C6H12O3/c1-8-5-9-6(4-7)2-3-6/h7H,2-5H2,1H3. The summed E-state index contributed by atoms with van der Waals surface area (Å²) < 4.78 is 9.85. The summed E-state index contributed by atoms with van der Waals surface area (Å²) in [6.45, 7) is 0.414. The summed E-state index contributed by atoms with van der Waals surface area (Å²) in [6.07, 6.45) is 1.93. The molecule has 0 heterocycles. The van der Waals surface area contributed by atoms with Crippen molar-refractivity contribution in [2.24, 2.45) is 0 Å². The van der Waals surface area contributed by atoms with E-state index in [-0.39, 0.29) is 12.2 Å². The number of hydrogen-bond acceptors (Lipinski definition) is 3. The number of aliphatic hydroxyl groups is 1. The lowest BCUT2D eigenvalue weighted by atomic mass is 10.4. The van der Waals surface area contributed by atoms with Gasteiger partial charge in [0.2, 0.25) is 0 Å². The van der Waals surface area contributed by atoms with Crippen LogP contribution in [0.3, 0.4) is 0 Å². The Hall–Kier alpha value is -0.120. The van der Waals surface area contributed by atoms with E-state index in [1.807, 2.05) is 0 Å². The second-order valence-electron chi connectivity index (χ2n) is 2.39. The monoisotopic (exact) mass is 132 g/mol. The van der Waals surface area contributed by atoms with Gasteiger partial charge in [-0.2, -0.15) is 0 Å². The van der Waals surface area contributed by atoms with Gasteiger partial charge in [0, 0.05) is 7.11 Å². The molecular formula is C6H12O3. The molecule has 0 saturated heterocycles. The molecule has 9 heavy (non-hydrogen) atoms. The summed E-state index contributed by atoms with van der Waals surface area (Å²) >= 11 is 0. The maximum Gasteiger partial charge on any atom is 0.147 e. The van der Waals surface area contributed by atoms with Crippen LogP contribution in [0.15, 0.2) is 0 Å². The molecule has 1 fully saturated rings. The Labute approximate surface area is 54.6 Å². The van der Waals surface area contributed by atoms with Crippen molar-refractivity contribution in [1.82, 2.24) is 0 Å². The minimum atomic E-state index is -0.226. The van der Waals surface area contributed by atoms with Crippen LogP contribution in [0, 0.1) is 0 Å². The van der Waals surface area contributed by atoms with Crippen molar-refractivity contribution in [1.29, 1.82) is 0 Å². The van der Waals surface area contributed by atoms with E-state index in [9.17, 15) is 0 Å². The second kappa shape index (κ2) is 2.64. The highest BCUT2D eigenvalue weighted by Gasteiger charge is 2.43. The van der Waals surface area contributed by atoms with E-state index < -0.39 is 0 Å². The van der Waals surface area contributed by atoms with Crippen LogP contribution in [0.5, 0.6) is 0 Å². The van der Waals surface area contributed by atoms with Gasteiger partial charge < -0.3 is 14.6 Å². The van der Waals surface area contributed by atoms with Crippen LogP contribution < -0.4 is 0 Å². The van der Waals surface area contributed by atoms with E-state index in [1.54, 1.807) is 7.11 Å². The molecule has 0 bridgehead atoms. The highest BCUT2D eigenvalue weighted by atomic mass is 16.7. The summed E-state index contributed by atoms with van der Waals surface area (Å²) in [5.74, 6) is 0. The van der Waals surface area contributed by atoms with Crippen LogP contribution in [0.1, 0.15) is 12.8 Å². The van der Waals surface area contributed by atoms with Crippen LogP contribution in [-0.2, 0) is 9.47 Å². The fraction of sp³-hybridized carbons (Fsp3) is 1.00. The molecule has 0 atom stereocenters. The molecule has 3 heteroatoms. The zero-order valence-corrected chi connectivity index (χ0v) is 5.59. The summed E-state index contributed by atoms with van der Waals surface area (Å²) in [7, 11) is 1.58. The molecule has 1 rings (SSSR count). The molecule has 0 aliphatic heterocycles. The topological polar surface area (TPSA) is 38.7 Å². The largest absolute Gasteiger partial charge is 0.393 e. The van der Waals surface area contributed by atoms with Crippen molar-refractivity contribution in [2.45, 2.75) is 18.4 Å². The fourth-order valence-electron chi connectivity index (χ4n) is 0.671. The molecule has 0 spiro atoms. The number of rotatable bonds is 4. The highest BCUT2D eigenvalue weighted by molar-refractivity contribution is 4.94. The van der Waals surface area contributed by atoms with Gasteiger partial charge in [0.25, 0.3) is 0 Å². The smallest absolute Gasteiger partial charge is 0.147 e. The minimum Gasteiger partial charge on any atom is -0.393 e. The summed E-state index contributed by atoms with van der Waals surface area (Å²) in [5, 5.41) is 8.70. The number of ether oxygens (including phenoxy) is 2. The SMILES string of the molecule is COCOC1(CO)CC1. The first-order valence-electron chi connectivity index (χ1n) is 3.07. The van der Waals surface area contributed by atoms with Crippen LogP contribution in [0.25, 0.3) is 0 Å². The van der Waals surface area contributed by atoms with E-state index in [0.717, 1.165) is 12.8 Å². The number of methoxy groups -OCH3 is 1. The van der Waals surface area contributed by atoms with Gasteiger partial charge in [0.1, 0.15) is 6.79 Å². The van der Waals surface area contributed by atoms with Crippen LogP contribution in [0.2, 0.25) is 0 Å². The van der Waals surface area contributed by atoms with E-state index in [4.69, 9.17) is 9.84 Å². The predicted octanol–water partition coefficient (Wildman–Crippen LogP) is 0.132. The molecule has 1 aliphatic rings. The van der Waals surface area contributed by atoms with Crippen molar-refractivity contribution in [2.75, 3.05) is 20.5 Å². The maximum absolute atomic E-state index is 8.70.